The molecule has 1 aliphatic carbocycles. The maximum atomic E-state index is 11.2. The van der Waals surface area contributed by atoms with Crippen LogP contribution in [0, 0.1) is 16.0 Å². The second-order valence-electron chi connectivity index (χ2n) is 6.62. The van der Waals surface area contributed by atoms with Gasteiger partial charge in [0.1, 0.15) is 11.5 Å². The molecule has 0 fully saturated rings. The fourth-order valence-corrected chi connectivity index (χ4v) is 4.08. The van der Waals surface area contributed by atoms with Gasteiger partial charge in [-0.05, 0) is 29.5 Å². The first-order valence-electron chi connectivity index (χ1n) is 8.56. The minimum Gasteiger partial charge on any atom is -0.497 e. The van der Waals surface area contributed by atoms with Crippen molar-refractivity contribution in [1.29, 1.82) is 0 Å². The Kier molecular flexibility index (Phi) is 4.03. The molecule has 2 aromatic carbocycles. The third kappa shape index (κ3) is 2.58. The van der Waals surface area contributed by atoms with Crippen molar-refractivity contribution in [2.45, 2.75) is 18.4 Å². The van der Waals surface area contributed by atoms with Gasteiger partial charge < -0.3 is 14.8 Å². The number of hydrogen-bond donors (Lipinski definition) is 1. The van der Waals surface area contributed by atoms with Gasteiger partial charge in [0.25, 0.3) is 5.69 Å². The van der Waals surface area contributed by atoms with Gasteiger partial charge in [-0.2, -0.15) is 0 Å². The number of anilines is 1. The zero-order chi connectivity index (χ0) is 18.3. The third-order valence-electron chi connectivity index (χ3n) is 5.30. The molecule has 0 bridgehead atoms. The zero-order valence-corrected chi connectivity index (χ0v) is 14.6. The van der Waals surface area contributed by atoms with Crippen molar-refractivity contribution < 1.29 is 14.4 Å². The number of methoxy groups -OCH3 is 2. The van der Waals surface area contributed by atoms with Crippen LogP contribution in [0.1, 0.15) is 29.5 Å². The monoisotopic (exact) mass is 352 g/mol. The van der Waals surface area contributed by atoms with E-state index >= 15 is 0 Å². The van der Waals surface area contributed by atoms with E-state index in [1.165, 1.54) is 6.07 Å². The number of nitrogens with one attached hydrogen (secondary N) is 1. The molecule has 6 heteroatoms. The number of nitrogens with zero attached hydrogens (tertiary/aromatic N) is 1. The van der Waals surface area contributed by atoms with Crippen LogP contribution in [0.25, 0.3) is 0 Å². The van der Waals surface area contributed by atoms with Crippen molar-refractivity contribution in [2.24, 2.45) is 5.92 Å². The van der Waals surface area contributed by atoms with Crippen LogP contribution in [0.15, 0.2) is 48.6 Å². The van der Waals surface area contributed by atoms with Gasteiger partial charge in [0.05, 0.1) is 30.9 Å². The molecule has 0 unspecified atom stereocenters. The highest BCUT2D eigenvalue weighted by atomic mass is 16.6. The molecule has 0 radical (unpaired) electrons. The molecule has 1 N–H and O–H groups in total. The number of nitro groups is 1. The van der Waals surface area contributed by atoms with Gasteiger partial charge in [-0.15, -0.1) is 0 Å². The van der Waals surface area contributed by atoms with Crippen LogP contribution in [0.4, 0.5) is 11.4 Å². The Balaban J connectivity index is 1.82. The lowest BCUT2D eigenvalue weighted by molar-refractivity contribution is -0.384. The maximum Gasteiger partial charge on any atom is 0.269 e. The summed E-state index contributed by atoms with van der Waals surface area (Å²) in [6, 6.07) is 10.8. The highest BCUT2D eigenvalue weighted by molar-refractivity contribution is 5.70. The number of hydrogen-bond acceptors (Lipinski definition) is 5. The number of rotatable bonds is 4. The number of nitro benzene ring substituents is 1. The Morgan fingerprint density at radius 1 is 1.19 bits per heavy atom. The molecular weight excluding hydrogens is 332 g/mol. The van der Waals surface area contributed by atoms with Gasteiger partial charge in [-0.3, -0.25) is 10.1 Å². The number of non-ortho nitro benzene ring substituents is 1. The molecule has 134 valence electrons. The Labute approximate surface area is 151 Å². The molecule has 2 aromatic rings. The summed E-state index contributed by atoms with van der Waals surface area (Å²) < 4.78 is 11.0. The van der Waals surface area contributed by atoms with E-state index in [4.69, 9.17) is 9.47 Å². The first kappa shape index (κ1) is 16.4. The van der Waals surface area contributed by atoms with Gasteiger partial charge in [0, 0.05) is 24.1 Å². The van der Waals surface area contributed by atoms with Crippen LogP contribution >= 0.6 is 0 Å². The molecule has 0 saturated heterocycles. The molecule has 0 saturated carbocycles. The summed E-state index contributed by atoms with van der Waals surface area (Å²) in [6.07, 6.45) is 5.32. The summed E-state index contributed by atoms with van der Waals surface area (Å²) >= 11 is 0. The Hall–Kier alpha value is -3.02. The number of fused-ring (bicyclic) bond motifs is 3. The highest BCUT2D eigenvalue weighted by Crippen LogP contribution is 2.53. The van der Waals surface area contributed by atoms with Gasteiger partial charge >= 0.3 is 0 Å². The number of benzene rings is 2. The molecule has 0 amide bonds. The molecule has 3 atom stereocenters. The summed E-state index contributed by atoms with van der Waals surface area (Å²) in [4.78, 5) is 10.8. The number of ether oxygens (including phenoxy) is 2. The quantitative estimate of drug-likeness (QED) is 0.500. The largest absolute Gasteiger partial charge is 0.497 e. The van der Waals surface area contributed by atoms with E-state index in [2.05, 4.69) is 17.5 Å². The standard InChI is InChI=1S/C20H20N2O4/c1-25-14-10-17-15-7-4-8-16(15)19(21-20(17)18(11-14)26-2)12-5-3-6-13(9-12)22(23)24/h3-7,9-11,15-16,19,21H,8H2,1-2H3/t15-,16+,19-/m1/s1. The van der Waals surface area contributed by atoms with Crippen LogP contribution in [-0.2, 0) is 0 Å². The van der Waals surface area contributed by atoms with Crippen molar-refractivity contribution in [1.82, 2.24) is 0 Å². The first-order valence-corrected chi connectivity index (χ1v) is 8.56. The second-order valence-corrected chi connectivity index (χ2v) is 6.62. The molecule has 26 heavy (non-hydrogen) atoms. The van der Waals surface area contributed by atoms with E-state index in [-0.39, 0.29) is 22.6 Å². The molecule has 2 aliphatic rings. The summed E-state index contributed by atoms with van der Waals surface area (Å²) in [5, 5.41) is 14.8. The lowest BCUT2D eigenvalue weighted by atomic mass is 9.76. The Bertz CT molecular complexity index is 893. The van der Waals surface area contributed by atoms with Crippen molar-refractivity contribution in [3.63, 3.8) is 0 Å². The van der Waals surface area contributed by atoms with E-state index in [9.17, 15) is 10.1 Å². The van der Waals surface area contributed by atoms with Crippen LogP contribution in [0.2, 0.25) is 0 Å². The SMILES string of the molecule is COc1cc(OC)c2c(c1)[C@@H]1C=CC[C@@H]1[C@@H](c1cccc([N+](=O)[O-])c1)N2. The second kappa shape index (κ2) is 6.37. The molecule has 0 spiro atoms. The molecule has 1 aliphatic heterocycles. The Morgan fingerprint density at radius 2 is 2.04 bits per heavy atom. The third-order valence-corrected chi connectivity index (χ3v) is 5.30. The van der Waals surface area contributed by atoms with Gasteiger partial charge in [0.15, 0.2) is 0 Å². The summed E-state index contributed by atoms with van der Waals surface area (Å²) in [7, 11) is 3.28. The van der Waals surface area contributed by atoms with E-state index in [1.807, 2.05) is 18.2 Å². The van der Waals surface area contributed by atoms with Crippen LogP contribution in [0.5, 0.6) is 11.5 Å². The van der Waals surface area contributed by atoms with Crippen molar-refractivity contribution >= 4 is 11.4 Å². The van der Waals surface area contributed by atoms with Crippen LogP contribution in [0.3, 0.4) is 0 Å². The van der Waals surface area contributed by atoms with Crippen LogP contribution in [-0.4, -0.2) is 19.1 Å². The zero-order valence-electron chi connectivity index (χ0n) is 14.6. The lowest BCUT2D eigenvalue weighted by Crippen LogP contribution is -2.29. The van der Waals surface area contributed by atoms with Crippen LogP contribution < -0.4 is 14.8 Å². The molecule has 6 nitrogen and oxygen atoms in total. The molecule has 0 aromatic heterocycles. The fourth-order valence-electron chi connectivity index (χ4n) is 4.08. The summed E-state index contributed by atoms with van der Waals surface area (Å²) in [6.45, 7) is 0. The molecule has 1 heterocycles. The van der Waals surface area contributed by atoms with Gasteiger partial charge in [-0.25, -0.2) is 0 Å². The van der Waals surface area contributed by atoms with E-state index in [0.29, 0.717) is 11.7 Å². The van der Waals surface area contributed by atoms with E-state index in [1.54, 1.807) is 26.4 Å². The normalized spacial score (nSPS) is 22.9. The first-order chi connectivity index (χ1) is 12.6. The summed E-state index contributed by atoms with van der Waals surface area (Å²) in [5.74, 6) is 1.99. The molecular formula is C20H20N2O4. The van der Waals surface area contributed by atoms with E-state index in [0.717, 1.165) is 29.0 Å². The van der Waals surface area contributed by atoms with Crippen molar-refractivity contribution in [3.05, 3.63) is 69.8 Å². The van der Waals surface area contributed by atoms with E-state index < -0.39 is 0 Å². The van der Waals surface area contributed by atoms with Crippen molar-refractivity contribution in [3.8, 4) is 11.5 Å². The average molecular weight is 352 g/mol. The van der Waals surface area contributed by atoms with Gasteiger partial charge in [0.2, 0.25) is 0 Å². The van der Waals surface area contributed by atoms with Crippen molar-refractivity contribution in [2.75, 3.05) is 19.5 Å². The highest BCUT2D eigenvalue weighted by Gasteiger charge is 2.39. The topological polar surface area (TPSA) is 73.6 Å². The Morgan fingerprint density at radius 3 is 2.77 bits per heavy atom. The molecule has 4 rings (SSSR count). The minimum absolute atomic E-state index is 0.0234. The van der Waals surface area contributed by atoms with Gasteiger partial charge in [-0.1, -0.05) is 24.3 Å². The average Bonchev–Trinajstić information content (AvgIpc) is 3.16. The predicted molar refractivity (Wildman–Crippen MR) is 99.0 cm³/mol. The minimum atomic E-state index is -0.351. The predicted octanol–water partition coefficient (Wildman–Crippen LogP) is 4.44. The lowest BCUT2D eigenvalue weighted by Gasteiger charge is -2.38. The smallest absolute Gasteiger partial charge is 0.269 e. The maximum absolute atomic E-state index is 11.2. The number of allylic oxidation sites excluding steroid dienone is 2. The summed E-state index contributed by atoms with van der Waals surface area (Å²) in [5.41, 5.74) is 3.10. The fraction of sp³-hybridized carbons (Fsp3) is 0.300.